The zero-order chi connectivity index (χ0) is 16.8. The van der Waals surface area contributed by atoms with Crippen LogP contribution in [0, 0.1) is 5.92 Å². The van der Waals surface area contributed by atoms with Crippen LogP contribution in [-0.2, 0) is 0 Å². The van der Waals surface area contributed by atoms with E-state index in [0.717, 1.165) is 18.8 Å². The Kier molecular flexibility index (Phi) is 6.58. The number of amides is 1. The normalized spacial score (nSPS) is 20.9. The van der Waals surface area contributed by atoms with Crippen molar-refractivity contribution in [3.8, 4) is 11.5 Å². The quantitative estimate of drug-likeness (QED) is 0.833. The van der Waals surface area contributed by atoms with Crippen molar-refractivity contribution in [2.45, 2.75) is 52.0 Å². The highest BCUT2D eigenvalue weighted by molar-refractivity contribution is 6.32. The molecule has 1 aliphatic rings. The second-order valence-electron chi connectivity index (χ2n) is 6.02. The fourth-order valence-corrected chi connectivity index (χ4v) is 3.38. The fraction of sp³-hybridized carbons (Fsp3) is 0.611. The van der Waals surface area contributed by atoms with E-state index in [1.54, 1.807) is 19.2 Å². The maximum atomic E-state index is 12.5. The third-order valence-corrected chi connectivity index (χ3v) is 4.82. The minimum Gasteiger partial charge on any atom is -0.493 e. The maximum Gasteiger partial charge on any atom is 0.251 e. The number of benzene rings is 1. The van der Waals surface area contributed by atoms with Gasteiger partial charge in [-0.3, -0.25) is 4.79 Å². The fourth-order valence-electron chi connectivity index (χ4n) is 3.12. The lowest BCUT2D eigenvalue weighted by molar-refractivity contribution is 0.0921. The Hall–Kier alpha value is -1.42. The molecule has 1 fully saturated rings. The van der Waals surface area contributed by atoms with Gasteiger partial charge < -0.3 is 14.8 Å². The Bertz CT molecular complexity index is 539. The zero-order valence-electron chi connectivity index (χ0n) is 14.2. The number of methoxy groups -OCH3 is 1. The molecule has 0 heterocycles. The minimum absolute atomic E-state index is 0.104. The summed E-state index contributed by atoms with van der Waals surface area (Å²) < 4.78 is 10.8. The number of hydrogen-bond acceptors (Lipinski definition) is 3. The third-order valence-electron chi connectivity index (χ3n) is 4.54. The van der Waals surface area contributed by atoms with Crippen LogP contribution in [0.15, 0.2) is 12.1 Å². The first-order valence-corrected chi connectivity index (χ1v) is 8.78. The van der Waals surface area contributed by atoms with Gasteiger partial charge in [0, 0.05) is 11.6 Å². The SMILES string of the molecule is CCOc1c(Cl)cc(C(=O)NC2CCC(CC)CC2)cc1OC. The highest BCUT2D eigenvalue weighted by Crippen LogP contribution is 2.36. The number of rotatable bonds is 6. The van der Waals surface area contributed by atoms with Gasteiger partial charge in [-0.25, -0.2) is 0 Å². The molecule has 2 rings (SSSR count). The van der Waals surface area contributed by atoms with Crippen molar-refractivity contribution < 1.29 is 14.3 Å². The van der Waals surface area contributed by atoms with Crippen molar-refractivity contribution in [2.24, 2.45) is 5.92 Å². The summed E-state index contributed by atoms with van der Waals surface area (Å²) >= 11 is 6.23. The van der Waals surface area contributed by atoms with Crippen LogP contribution in [0.3, 0.4) is 0 Å². The molecule has 0 aliphatic heterocycles. The Labute approximate surface area is 143 Å². The molecule has 0 atom stereocenters. The molecule has 0 aromatic heterocycles. The monoisotopic (exact) mass is 339 g/mol. The molecule has 5 heteroatoms. The van der Waals surface area contributed by atoms with Gasteiger partial charge in [0.1, 0.15) is 0 Å². The summed E-state index contributed by atoms with van der Waals surface area (Å²) in [4.78, 5) is 12.5. The van der Waals surface area contributed by atoms with Crippen LogP contribution >= 0.6 is 11.6 Å². The topological polar surface area (TPSA) is 47.6 Å². The van der Waals surface area contributed by atoms with Crippen LogP contribution < -0.4 is 14.8 Å². The Balaban J connectivity index is 2.06. The lowest BCUT2D eigenvalue weighted by Gasteiger charge is -2.28. The summed E-state index contributed by atoms with van der Waals surface area (Å²) in [6.45, 7) is 4.60. The number of ether oxygens (including phenoxy) is 2. The van der Waals surface area contributed by atoms with Crippen LogP contribution in [0.2, 0.25) is 5.02 Å². The maximum absolute atomic E-state index is 12.5. The van der Waals surface area contributed by atoms with Gasteiger partial charge in [-0.1, -0.05) is 24.9 Å². The minimum atomic E-state index is -0.104. The molecule has 128 valence electrons. The van der Waals surface area contributed by atoms with Crippen LogP contribution in [0.4, 0.5) is 0 Å². The second-order valence-corrected chi connectivity index (χ2v) is 6.43. The van der Waals surface area contributed by atoms with Gasteiger partial charge in [0.2, 0.25) is 0 Å². The van der Waals surface area contributed by atoms with Crippen LogP contribution in [0.1, 0.15) is 56.3 Å². The molecule has 1 aromatic rings. The smallest absolute Gasteiger partial charge is 0.251 e. The van der Waals surface area contributed by atoms with E-state index in [2.05, 4.69) is 12.2 Å². The van der Waals surface area contributed by atoms with Crippen molar-refractivity contribution in [3.05, 3.63) is 22.7 Å². The second kappa shape index (κ2) is 8.44. The van der Waals surface area contributed by atoms with Crippen LogP contribution in [-0.4, -0.2) is 25.7 Å². The molecule has 1 N–H and O–H groups in total. The van der Waals surface area contributed by atoms with Gasteiger partial charge >= 0.3 is 0 Å². The van der Waals surface area contributed by atoms with Gasteiger partial charge in [0.05, 0.1) is 18.7 Å². The summed E-state index contributed by atoms with van der Waals surface area (Å²) in [6.07, 6.45) is 5.70. The predicted molar refractivity (Wildman–Crippen MR) is 92.7 cm³/mol. The van der Waals surface area contributed by atoms with E-state index < -0.39 is 0 Å². The van der Waals surface area contributed by atoms with E-state index in [0.29, 0.717) is 28.7 Å². The van der Waals surface area contributed by atoms with Gasteiger partial charge in [0.25, 0.3) is 5.91 Å². The molecule has 0 unspecified atom stereocenters. The lowest BCUT2D eigenvalue weighted by atomic mass is 9.84. The van der Waals surface area contributed by atoms with Crippen molar-refractivity contribution in [3.63, 3.8) is 0 Å². The average molecular weight is 340 g/mol. The molecule has 4 nitrogen and oxygen atoms in total. The van der Waals surface area contributed by atoms with Crippen molar-refractivity contribution >= 4 is 17.5 Å². The summed E-state index contributed by atoms with van der Waals surface area (Å²) in [5, 5.41) is 3.51. The average Bonchev–Trinajstić information content (AvgIpc) is 2.57. The molecular formula is C18H26ClNO3. The number of carbonyl (C=O) groups is 1. The number of nitrogens with one attached hydrogen (secondary N) is 1. The molecule has 1 amide bonds. The highest BCUT2D eigenvalue weighted by atomic mass is 35.5. The largest absolute Gasteiger partial charge is 0.493 e. The third kappa shape index (κ3) is 4.54. The Morgan fingerprint density at radius 2 is 1.96 bits per heavy atom. The molecule has 0 saturated heterocycles. The lowest BCUT2D eigenvalue weighted by Crippen LogP contribution is -2.37. The number of halogens is 1. The molecule has 0 radical (unpaired) electrons. The van der Waals surface area contributed by atoms with E-state index in [-0.39, 0.29) is 11.9 Å². The molecule has 1 aromatic carbocycles. The standard InChI is InChI=1S/C18H26ClNO3/c1-4-12-6-8-14(9-7-12)20-18(21)13-10-15(19)17(23-5-2)16(11-13)22-3/h10-12,14H,4-9H2,1-3H3,(H,20,21). The van der Waals surface area contributed by atoms with E-state index in [1.165, 1.54) is 19.3 Å². The number of hydrogen-bond donors (Lipinski definition) is 1. The summed E-state index contributed by atoms with van der Waals surface area (Å²) in [5.74, 6) is 1.67. The molecule has 1 aliphatic carbocycles. The van der Waals surface area contributed by atoms with Gasteiger partial charge in [0.15, 0.2) is 11.5 Å². The zero-order valence-corrected chi connectivity index (χ0v) is 14.9. The Morgan fingerprint density at radius 1 is 1.26 bits per heavy atom. The van der Waals surface area contributed by atoms with E-state index in [9.17, 15) is 4.79 Å². The van der Waals surface area contributed by atoms with Crippen molar-refractivity contribution in [1.29, 1.82) is 0 Å². The summed E-state index contributed by atoms with van der Waals surface area (Å²) in [7, 11) is 1.54. The first-order chi connectivity index (χ1) is 11.1. The predicted octanol–water partition coefficient (Wildman–Crippen LogP) is 4.45. The first-order valence-electron chi connectivity index (χ1n) is 8.40. The van der Waals surface area contributed by atoms with Crippen LogP contribution in [0.5, 0.6) is 11.5 Å². The molecule has 0 spiro atoms. The molecular weight excluding hydrogens is 314 g/mol. The highest BCUT2D eigenvalue weighted by Gasteiger charge is 2.23. The molecule has 0 bridgehead atoms. The molecule has 23 heavy (non-hydrogen) atoms. The summed E-state index contributed by atoms with van der Waals surface area (Å²) in [6, 6.07) is 3.58. The summed E-state index contributed by atoms with van der Waals surface area (Å²) in [5.41, 5.74) is 0.507. The van der Waals surface area contributed by atoms with Gasteiger partial charge in [-0.15, -0.1) is 0 Å². The first kappa shape index (κ1) is 17.9. The van der Waals surface area contributed by atoms with E-state index >= 15 is 0 Å². The van der Waals surface area contributed by atoms with Gasteiger partial charge in [-0.2, -0.15) is 0 Å². The molecule has 1 saturated carbocycles. The van der Waals surface area contributed by atoms with Crippen molar-refractivity contribution in [1.82, 2.24) is 5.32 Å². The van der Waals surface area contributed by atoms with E-state index in [4.69, 9.17) is 21.1 Å². The van der Waals surface area contributed by atoms with E-state index in [1.807, 2.05) is 6.92 Å². The number of carbonyl (C=O) groups excluding carboxylic acids is 1. The Morgan fingerprint density at radius 3 is 2.52 bits per heavy atom. The van der Waals surface area contributed by atoms with Gasteiger partial charge in [-0.05, 0) is 50.7 Å². The van der Waals surface area contributed by atoms with Crippen LogP contribution in [0.25, 0.3) is 0 Å². The van der Waals surface area contributed by atoms with Crippen molar-refractivity contribution in [2.75, 3.05) is 13.7 Å².